The summed E-state index contributed by atoms with van der Waals surface area (Å²) in [5.41, 5.74) is 0.619. The van der Waals surface area contributed by atoms with Crippen molar-refractivity contribution in [2.75, 3.05) is 0 Å². The molecule has 0 aliphatic heterocycles. The molecule has 0 fully saturated rings. The van der Waals surface area contributed by atoms with Gasteiger partial charge in [0, 0.05) is 19.8 Å². The maximum Gasteiger partial charge on any atom is 0.151 e. The maximum atomic E-state index is 12.7. The van der Waals surface area contributed by atoms with Gasteiger partial charge in [-0.15, -0.1) is 0 Å². The normalized spacial score (nSPS) is 10.2. The zero-order valence-corrected chi connectivity index (χ0v) is 11.1. The van der Waals surface area contributed by atoms with Gasteiger partial charge in [0.1, 0.15) is 5.82 Å². The Morgan fingerprint density at radius 2 is 1.71 bits per heavy atom. The molecule has 0 saturated heterocycles. The fourth-order valence-corrected chi connectivity index (χ4v) is 2.79. The molecule has 0 heterocycles. The first-order chi connectivity index (χ1) is 8.19. The molecule has 0 unspecified atom stereocenters. The number of carbonyl (C=O) groups excluding carboxylic acids is 1. The number of rotatable bonds is 3. The number of halogens is 2. The molecular weight excluding hydrogens is 303 g/mol. The van der Waals surface area contributed by atoms with E-state index in [2.05, 4.69) is 15.9 Å². The Bertz CT molecular complexity index is 540. The molecule has 2 aromatic rings. The van der Waals surface area contributed by atoms with Gasteiger partial charge in [-0.3, -0.25) is 4.79 Å². The van der Waals surface area contributed by atoms with Crippen LogP contribution in [0.15, 0.2) is 56.7 Å². The van der Waals surface area contributed by atoms with Crippen LogP contribution in [0.25, 0.3) is 0 Å². The summed E-state index contributed by atoms with van der Waals surface area (Å²) in [6, 6.07) is 11.8. The Kier molecular flexibility index (Phi) is 3.97. The molecule has 17 heavy (non-hydrogen) atoms. The van der Waals surface area contributed by atoms with Crippen LogP contribution in [-0.2, 0) is 0 Å². The summed E-state index contributed by atoms with van der Waals surface area (Å²) in [6.07, 6.45) is 0.802. The highest BCUT2D eigenvalue weighted by Crippen LogP contribution is 2.30. The quantitative estimate of drug-likeness (QED) is 0.773. The van der Waals surface area contributed by atoms with Crippen LogP contribution in [0.3, 0.4) is 0 Å². The lowest BCUT2D eigenvalue weighted by molar-refractivity contribution is 0.112. The van der Waals surface area contributed by atoms with Crippen LogP contribution in [-0.4, -0.2) is 6.29 Å². The summed E-state index contributed by atoms with van der Waals surface area (Å²) in [5, 5.41) is 0. The van der Waals surface area contributed by atoms with E-state index in [4.69, 9.17) is 0 Å². The van der Waals surface area contributed by atoms with Crippen molar-refractivity contribution < 1.29 is 9.18 Å². The van der Waals surface area contributed by atoms with Gasteiger partial charge < -0.3 is 0 Å². The number of aldehydes is 1. The fourth-order valence-electron chi connectivity index (χ4n) is 1.31. The fraction of sp³-hybridized carbons (Fsp3) is 0. The summed E-state index contributed by atoms with van der Waals surface area (Å²) in [5.74, 6) is -0.244. The zero-order valence-electron chi connectivity index (χ0n) is 8.69. The van der Waals surface area contributed by atoms with Gasteiger partial charge >= 0.3 is 0 Å². The molecule has 2 aromatic carbocycles. The third-order valence-electron chi connectivity index (χ3n) is 2.15. The van der Waals surface area contributed by atoms with Crippen molar-refractivity contribution in [3.05, 3.63) is 58.3 Å². The number of benzene rings is 2. The van der Waals surface area contributed by atoms with E-state index >= 15 is 0 Å². The number of hydrogen-bond acceptors (Lipinski definition) is 2. The topological polar surface area (TPSA) is 17.1 Å². The minimum absolute atomic E-state index is 0.244. The van der Waals surface area contributed by atoms with Crippen molar-refractivity contribution in [2.24, 2.45) is 0 Å². The van der Waals surface area contributed by atoms with Crippen LogP contribution in [0.4, 0.5) is 4.39 Å². The molecule has 0 saturated carbocycles. The van der Waals surface area contributed by atoms with Gasteiger partial charge in [0.05, 0.1) is 0 Å². The van der Waals surface area contributed by atoms with Crippen LogP contribution in [0.2, 0.25) is 0 Å². The van der Waals surface area contributed by atoms with Crippen molar-refractivity contribution in [1.82, 2.24) is 0 Å². The average Bonchev–Trinajstić information content (AvgIpc) is 2.32. The van der Waals surface area contributed by atoms with Crippen molar-refractivity contribution in [1.29, 1.82) is 0 Å². The lowest BCUT2D eigenvalue weighted by atomic mass is 10.2. The van der Waals surface area contributed by atoms with Gasteiger partial charge in [-0.1, -0.05) is 27.7 Å². The second kappa shape index (κ2) is 5.47. The number of carbonyl (C=O) groups is 1. The molecule has 0 aliphatic carbocycles. The Morgan fingerprint density at radius 3 is 2.29 bits per heavy atom. The van der Waals surface area contributed by atoms with Gasteiger partial charge in [-0.05, 0) is 42.5 Å². The Hall–Kier alpha value is -1.13. The van der Waals surface area contributed by atoms with E-state index < -0.39 is 0 Å². The molecule has 4 heteroatoms. The van der Waals surface area contributed by atoms with Gasteiger partial charge in [-0.2, -0.15) is 0 Å². The molecule has 0 bridgehead atoms. The van der Waals surface area contributed by atoms with Crippen LogP contribution in [0.5, 0.6) is 0 Å². The monoisotopic (exact) mass is 310 g/mol. The summed E-state index contributed by atoms with van der Waals surface area (Å²) in [7, 11) is 0. The SMILES string of the molecule is O=Cc1ccc(Sc2ccc(F)cc2)cc1Br. The molecule has 0 aromatic heterocycles. The van der Waals surface area contributed by atoms with E-state index in [9.17, 15) is 9.18 Å². The minimum Gasteiger partial charge on any atom is -0.298 e. The average molecular weight is 311 g/mol. The standard InChI is InChI=1S/C13H8BrFOS/c14-13-7-12(4-1-9(13)8-16)17-11-5-2-10(15)3-6-11/h1-8H. The van der Waals surface area contributed by atoms with Gasteiger partial charge in [0.25, 0.3) is 0 Å². The first-order valence-corrected chi connectivity index (χ1v) is 6.48. The molecule has 0 aliphatic rings. The Labute approximate surface area is 111 Å². The summed E-state index contributed by atoms with van der Waals surface area (Å²) < 4.78 is 13.5. The van der Waals surface area contributed by atoms with Crippen molar-refractivity contribution in [2.45, 2.75) is 9.79 Å². The lowest BCUT2D eigenvalue weighted by Gasteiger charge is -2.03. The van der Waals surface area contributed by atoms with Crippen LogP contribution < -0.4 is 0 Å². The minimum atomic E-state index is -0.244. The molecular formula is C13H8BrFOS. The first kappa shape index (κ1) is 12.3. The van der Waals surface area contributed by atoms with E-state index in [-0.39, 0.29) is 5.82 Å². The van der Waals surface area contributed by atoms with Crippen LogP contribution >= 0.6 is 27.7 Å². The third-order valence-corrected chi connectivity index (χ3v) is 3.83. The van der Waals surface area contributed by atoms with Crippen molar-refractivity contribution >= 4 is 34.0 Å². The van der Waals surface area contributed by atoms with Crippen LogP contribution in [0, 0.1) is 5.82 Å². The molecule has 0 spiro atoms. The van der Waals surface area contributed by atoms with E-state index in [1.807, 2.05) is 12.1 Å². The van der Waals surface area contributed by atoms with Crippen LogP contribution in [0.1, 0.15) is 10.4 Å². The van der Waals surface area contributed by atoms with Gasteiger partial charge in [-0.25, -0.2) is 4.39 Å². The van der Waals surface area contributed by atoms with E-state index in [0.717, 1.165) is 20.5 Å². The molecule has 0 atom stereocenters. The third kappa shape index (κ3) is 3.17. The predicted molar refractivity (Wildman–Crippen MR) is 70.1 cm³/mol. The predicted octanol–water partition coefficient (Wildman–Crippen LogP) is 4.55. The van der Waals surface area contributed by atoms with E-state index in [1.54, 1.807) is 18.2 Å². The number of hydrogen-bond donors (Lipinski definition) is 0. The second-order valence-electron chi connectivity index (χ2n) is 3.36. The second-order valence-corrected chi connectivity index (χ2v) is 5.36. The molecule has 1 nitrogen and oxygen atoms in total. The largest absolute Gasteiger partial charge is 0.298 e. The molecule has 2 rings (SSSR count). The van der Waals surface area contributed by atoms with Crippen molar-refractivity contribution in [3.8, 4) is 0 Å². The summed E-state index contributed by atoms with van der Waals surface area (Å²) in [4.78, 5) is 12.6. The molecule has 86 valence electrons. The van der Waals surface area contributed by atoms with E-state index in [1.165, 1.54) is 23.9 Å². The first-order valence-electron chi connectivity index (χ1n) is 4.87. The molecule has 0 N–H and O–H groups in total. The molecule has 0 amide bonds. The smallest absolute Gasteiger partial charge is 0.151 e. The highest BCUT2D eigenvalue weighted by Gasteiger charge is 2.02. The Balaban J connectivity index is 2.21. The van der Waals surface area contributed by atoms with Gasteiger partial charge in [0.2, 0.25) is 0 Å². The summed E-state index contributed by atoms with van der Waals surface area (Å²) >= 11 is 4.84. The highest BCUT2D eigenvalue weighted by atomic mass is 79.9. The highest BCUT2D eigenvalue weighted by molar-refractivity contribution is 9.10. The lowest BCUT2D eigenvalue weighted by Crippen LogP contribution is -1.82. The van der Waals surface area contributed by atoms with E-state index in [0.29, 0.717) is 5.56 Å². The van der Waals surface area contributed by atoms with Crippen molar-refractivity contribution in [3.63, 3.8) is 0 Å². The zero-order chi connectivity index (χ0) is 12.3. The van der Waals surface area contributed by atoms with Gasteiger partial charge in [0.15, 0.2) is 6.29 Å². The molecule has 0 radical (unpaired) electrons. The Morgan fingerprint density at radius 1 is 1.06 bits per heavy atom. The maximum absolute atomic E-state index is 12.7. The summed E-state index contributed by atoms with van der Waals surface area (Å²) in [6.45, 7) is 0.